The summed E-state index contributed by atoms with van der Waals surface area (Å²) in [5.41, 5.74) is 28.7. The van der Waals surface area contributed by atoms with Crippen LogP contribution in [0.3, 0.4) is 0 Å². The first-order valence-corrected chi connectivity index (χ1v) is 55.3. The highest BCUT2D eigenvalue weighted by molar-refractivity contribution is 6.20. The van der Waals surface area contributed by atoms with Crippen LogP contribution >= 0.6 is 0 Å². The molecule has 0 saturated carbocycles. The monoisotopic (exact) mass is 1920 g/mol. The fourth-order valence-corrected chi connectivity index (χ4v) is 23.9. The Hall–Kier alpha value is -14.6. The zero-order valence-corrected chi connectivity index (χ0v) is 93.6. The highest BCUT2D eigenvalue weighted by atomic mass is 14.5. The van der Waals surface area contributed by atoms with Gasteiger partial charge in [0.15, 0.2) is 0 Å². The molecule has 0 atom stereocenters. The van der Waals surface area contributed by atoms with Crippen molar-refractivity contribution in [1.82, 2.24) is 0 Å². The van der Waals surface area contributed by atoms with Gasteiger partial charge in [-0.1, -0.05) is 560 Å². The van der Waals surface area contributed by atoms with Gasteiger partial charge in [-0.3, -0.25) is 0 Å². The van der Waals surface area contributed by atoms with Gasteiger partial charge in [-0.05, 0) is 300 Å². The minimum Gasteiger partial charge on any atom is -0.0683 e. The second kappa shape index (κ2) is 46.4. The molecule has 0 aliphatic heterocycles. The van der Waals surface area contributed by atoms with E-state index in [9.17, 15) is 0 Å². The molecule has 0 amide bonds. The normalized spacial score (nSPS) is 13.1. The molecule has 5 aliphatic rings. The molecule has 0 saturated heterocycles. The third-order valence-electron chi connectivity index (χ3n) is 30.0. The molecule has 28 rings (SSSR count). The fourth-order valence-electron chi connectivity index (χ4n) is 23.9. The average Bonchev–Trinajstić information content (AvgIpc) is 1.60. The fraction of sp³-hybridized carbons (Fsp3) is 0.238. The van der Waals surface area contributed by atoms with E-state index in [4.69, 9.17) is 0 Å². The standard InChI is InChI=1S/3C27H20.2C23H18.10C2H6/c1-27(2)24-14-12-17-7-5-6-10-21(17)25(24)22-13-11-20-15-18-8-3-4-9-19(18)16-23(20)26(22)27;1-27(2)23-13-11-17-7-5-6-10-21(17)25(23)26-22-16-19-9-4-3-8-18(19)15-20(22)12-14-24(26)27;1-27(2)24-12-11-17-7-5-6-10-22(17)26(24)23-15-20-13-18-8-3-4-9-19(18)14-21(20)16-25(23)27;1-23(2)20-14-8-7-13-19(20)21-17-11-5-3-9-15(17)16-10-4-6-12-18(16)22(21)23;1-23(2)20-10-6-5-9-18(20)19-14-13-16-12-11-15-7-3-4-8-17(15)21(16)22(19)23;10*1-2/h3*3-16H,1-2H3;2*3-14H,1-2H3;10*1-2H3. The minimum absolute atomic E-state index is 0.00331. The molecule has 0 radical (unpaired) electrons. The molecule has 0 spiro atoms. The first-order chi connectivity index (χ1) is 71.8. The number of benzene rings is 23. The molecule has 0 aromatic heterocycles. The van der Waals surface area contributed by atoms with Crippen molar-refractivity contribution in [3.8, 4) is 55.6 Å². The topological polar surface area (TPSA) is 0 Å². The highest BCUT2D eigenvalue weighted by Crippen LogP contribution is 2.60. The van der Waals surface area contributed by atoms with Gasteiger partial charge >= 0.3 is 0 Å². The predicted molar refractivity (Wildman–Crippen MR) is 661 cm³/mol. The molecule has 147 heavy (non-hydrogen) atoms. The number of hydrogen-bond donors (Lipinski definition) is 0. The van der Waals surface area contributed by atoms with Crippen molar-refractivity contribution in [3.63, 3.8) is 0 Å². The molecule has 744 valence electrons. The smallest absolute Gasteiger partial charge is 0.0165 e. The minimum atomic E-state index is -0.00331. The number of rotatable bonds is 0. The second-order valence-electron chi connectivity index (χ2n) is 38.8. The van der Waals surface area contributed by atoms with Crippen molar-refractivity contribution in [2.24, 2.45) is 0 Å². The van der Waals surface area contributed by atoms with Gasteiger partial charge in [0.05, 0.1) is 0 Å². The lowest BCUT2D eigenvalue weighted by Crippen LogP contribution is -2.15. The van der Waals surface area contributed by atoms with Crippen LogP contribution < -0.4 is 0 Å². The highest BCUT2D eigenvalue weighted by Gasteiger charge is 2.43. The van der Waals surface area contributed by atoms with E-state index in [2.05, 4.69) is 470 Å². The van der Waals surface area contributed by atoms with E-state index in [1.165, 1.54) is 251 Å². The molecule has 23 aromatic rings. The van der Waals surface area contributed by atoms with Crippen molar-refractivity contribution >= 4 is 140 Å². The van der Waals surface area contributed by atoms with E-state index in [0.717, 1.165) is 0 Å². The van der Waals surface area contributed by atoms with E-state index >= 15 is 0 Å². The zero-order valence-electron chi connectivity index (χ0n) is 93.6. The van der Waals surface area contributed by atoms with Crippen LogP contribution in [0.4, 0.5) is 0 Å². The Kier molecular flexibility index (Phi) is 34.2. The van der Waals surface area contributed by atoms with Crippen molar-refractivity contribution in [3.05, 3.63) is 456 Å². The van der Waals surface area contributed by atoms with Crippen molar-refractivity contribution in [2.75, 3.05) is 0 Å². The van der Waals surface area contributed by atoms with E-state index < -0.39 is 0 Å². The van der Waals surface area contributed by atoms with Crippen LogP contribution in [0.15, 0.2) is 400 Å². The van der Waals surface area contributed by atoms with Crippen LogP contribution in [0.2, 0.25) is 0 Å². The van der Waals surface area contributed by atoms with Gasteiger partial charge in [0, 0.05) is 27.1 Å². The van der Waals surface area contributed by atoms with Gasteiger partial charge in [-0.2, -0.15) is 0 Å². The van der Waals surface area contributed by atoms with Gasteiger partial charge in [0.2, 0.25) is 0 Å². The van der Waals surface area contributed by atoms with Gasteiger partial charge in [0.1, 0.15) is 0 Å². The Bertz CT molecular complexity index is 8570. The maximum atomic E-state index is 2.42. The van der Waals surface area contributed by atoms with E-state index in [1.54, 1.807) is 0 Å². The van der Waals surface area contributed by atoms with Gasteiger partial charge in [-0.15, -0.1) is 0 Å². The van der Waals surface area contributed by atoms with Crippen LogP contribution in [0.1, 0.15) is 263 Å². The Morgan fingerprint density at radius 2 is 0.395 bits per heavy atom. The Morgan fingerprint density at radius 1 is 0.116 bits per heavy atom. The third-order valence-corrected chi connectivity index (χ3v) is 30.0. The van der Waals surface area contributed by atoms with E-state index in [0.29, 0.717) is 0 Å². The van der Waals surface area contributed by atoms with Gasteiger partial charge < -0.3 is 0 Å². The second-order valence-corrected chi connectivity index (χ2v) is 38.8. The molecular weight excluding hydrogens is 1770 g/mol. The van der Waals surface area contributed by atoms with Crippen LogP contribution in [-0.4, -0.2) is 0 Å². The summed E-state index contributed by atoms with van der Waals surface area (Å²) in [5, 5.41) is 34.9. The summed E-state index contributed by atoms with van der Waals surface area (Å²) in [6.07, 6.45) is 0. The molecule has 0 heterocycles. The number of fused-ring (bicyclic) bond motifs is 38. The molecular formula is C147H156. The summed E-state index contributed by atoms with van der Waals surface area (Å²) in [6, 6.07) is 148. The summed E-state index contributed by atoms with van der Waals surface area (Å²) in [5.74, 6) is 0. The summed E-state index contributed by atoms with van der Waals surface area (Å²) in [4.78, 5) is 0. The lowest BCUT2D eigenvalue weighted by molar-refractivity contribution is 0.661. The number of hydrogen-bond acceptors (Lipinski definition) is 0. The predicted octanol–water partition coefficient (Wildman–Crippen LogP) is 45.2. The molecule has 0 unspecified atom stereocenters. The Labute approximate surface area is 880 Å². The van der Waals surface area contributed by atoms with Crippen molar-refractivity contribution in [1.29, 1.82) is 0 Å². The van der Waals surface area contributed by atoms with Crippen molar-refractivity contribution < 1.29 is 0 Å². The average molecular weight is 1920 g/mol. The molecule has 0 bridgehead atoms. The largest absolute Gasteiger partial charge is 0.0683 e. The van der Waals surface area contributed by atoms with Crippen molar-refractivity contribution in [2.45, 2.75) is 235 Å². The molecule has 23 aromatic carbocycles. The summed E-state index contributed by atoms with van der Waals surface area (Å²) in [6.45, 7) is 63.6. The van der Waals surface area contributed by atoms with Crippen LogP contribution in [0.25, 0.3) is 196 Å². The molecule has 0 nitrogen and oxygen atoms in total. The summed E-state index contributed by atoms with van der Waals surface area (Å²) in [7, 11) is 0. The Balaban J connectivity index is 0.000000139. The van der Waals surface area contributed by atoms with Crippen LogP contribution in [-0.2, 0) is 27.1 Å². The van der Waals surface area contributed by atoms with Crippen LogP contribution in [0.5, 0.6) is 0 Å². The first kappa shape index (κ1) is 108. The molecule has 0 N–H and O–H groups in total. The lowest BCUT2D eigenvalue weighted by Gasteiger charge is -2.24. The molecule has 0 fully saturated rings. The first-order valence-electron chi connectivity index (χ1n) is 55.3. The lowest BCUT2D eigenvalue weighted by atomic mass is 9.79. The summed E-state index contributed by atoms with van der Waals surface area (Å²) < 4.78 is 0. The third kappa shape index (κ3) is 18.9. The van der Waals surface area contributed by atoms with Gasteiger partial charge in [0.25, 0.3) is 0 Å². The van der Waals surface area contributed by atoms with Crippen LogP contribution in [0, 0.1) is 0 Å². The zero-order chi connectivity index (χ0) is 106. The maximum Gasteiger partial charge on any atom is 0.0165 e. The molecule has 5 aliphatic carbocycles. The quantitative estimate of drug-likeness (QED) is 0.105. The Morgan fingerprint density at radius 3 is 0.884 bits per heavy atom. The molecule has 0 heteroatoms. The van der Waals surface area contributed by atoms with Gasteiger partial charge in [-0.25, -0.2) is 0 Å². The van der Waals surface area contributed by atoms with E-state index in [-0.39, 0.29) is 27.1 Å². The summed E-state index contributed by atoms with van der Waals surface area (Å²) >= 11 is 0. The van der Waals surface area contributed by atoms with E-state index in [1.807, 2.05) is 138 Å². The maximum absolute atomic E-state index is 2.42. The SMILES string of the molecule is CC.CC.CC.CC.CC.CC.CC.CC.CC.CC.CC1(C)c2cc3cc4ccccc4cc3cc2-c2c1ccc1ccccc21.CC1(C)c2ccc3ccccc3c2-c2c1ccc1cc3ccccc3cc21.CC1(C)c2ccc3ccccc3c2-c2ccc3cc4ccccc4cc3c21.CC1(C)c2ccccc2-c2c1c1ccccc1c1ccccc21.CC1(C)c2ccccc2-c2ccc3ccc4ccccc4c3c21.